The molecule has 3 amide bonds. The third kappa shape index (κ3) is 5.70. The smallest absolute Gasteiger partial charge is 0.317 e. The van der Waals surface area contributed by atoms with Crippen molar-refractivity contribution in [2.45, 2.75) is 32.6 Å². The van der Waals surface area contributed by atoms with E-state index in [4.69, 9.17) is 11.6 Å². The standard InChI is InChI=1S/C21H27ClN4O2S/c1-15(2)19-24-16(14-29-19)8-9-23-21(28)26-11-5-10-25(12-13-26)20(27)17-6-3-4-7-18(17)22/h3-4,6-7,14-15H,5,8-13H2,1-2H3,(H,23,28). The summed E-state index contributed by atoms with van der Waals surface area (Å²) in [5, 5.41) is 6.62. The molecule has 0 aliphatic carbocycles. The van der Waals surface area contributed by atoms with Crippen molar-refractivity contribution in [3.05, 3.63) is 50.9 Å². The van der Waals surface area contributed by atoms with Gasteiger partial charge in [-0.1, -0.05) is 37.6 Å². The molecule has 1 aromatic heterocycles. The van der Waals surface area contributed by atoms with E-state index in [2.05, 4.69) is 29.5 Å². The second kappa shape index (κ2) is 10.1. The lowest BCUT2D eigenvalue weighted by atomic mass is 10.2. The van der Waals surface area contributed by atoms with Gasteiger partial charge in [0.25, 0.3) is 5.91 Å². The average Bonchev–Trinajstić information content (AvgIpc) is 3.04. The van der Waals surface area contributed by atoms with Crippen LogP contribution < -0.4 is 5.32 Å². The van der Waals surface area contributed by atoms with Crippen molar-refractivity contribution in [3.63, 3.8) is 0 Å². The van der Waals surface area contributed by atoms with E-state index in [0.29, 0.717) is 49.2 Å². The number of hydrogen-bond acceptors (Lipinski definition) is 4. The minimum atomic E-state index is -0.0867. The Morgan fingerprint density at radius 2 is 1.90 bits per heavy atom. The molecule has 0 saturated carbocycles. The molecule has 1 N–H and O–H groups in total. The largest absolute Gasteiger partial charge is 0.338 e. The zero-order valence-corrected chi connectivity index (χ0v) is 18.4. The molecule has 1 aliphatic heterocycles. The van der Waals surface area contributed by atoms with Gasteiger partial charge in [0.2, 0.25) is 0 Å². The van der Waals surface area contributed by atoms with Gasteiger partial charge in [-0.3, -0.25) is 4.79 Å². The molecule has 0 spiro atoms. The molecule has 3 rings (SSSR count). The Kier molecular flexibility index (Phi) is 7.50. The lowest BCUT2D eigenvalue weighted by Crippen LogP contribution is -2.43. The predicted octanol–water partition coefficient (Wildman–Crippen LogP) is 4.02. The van der Waals surface area contributed by atoms with Crippen LogP contribution in [0.4, 0.5) is 4.79 Å². The topological polar surface area (TPSA) is 65.5 Å². The minimum absolute atomic E-state index is 0.0812. The number of carbonyl (C=O) groups excluding carboxylic acids is 2. The average molecular weight is 435 g/mol. The summed E-state index contributed by atoms with van der Waals surface area (Å²) in [5.41, 5.74) is 1.53. The van der Waals surface area contributed by atoms with E-state index in [1.54, 1.807) is 33.3 Å². The third-order valence-electron chi connectivity index (χ3n) is 4.90. The lowest BCUT2D eigenvalue weighted by molar-refractivity contribution is 0.0762. The van der Waals surface area contributed by atoms with Gasteiger partial charge in [0.15, 0.2) is 0 Å². The van der Waals surface area contributed by atoms with E-state index >= 15 is 0 Å². The SMILES string of the molecule is CC(C)c1nc(CCNC(=O)N2CCCN(C(=O)c3ccccc3Cl)CC2)cs1. The van der Waals surface area contributed by atoms with Crippen molar-refractivity contribution in [1.29, 1.82) is 0 Å². The summed E-state index contributed by atoms with van der Waals surface area (Å²) < 4.78 is 0. The minimum Gasteiger partial charge on any atom is -0.338 e. The van der Waals surface area contributed by atoms with E-state index in [0.717, 1.165) is 23.5 Å². The summed E-state index contributed by atoms with van der Waals surface area (Å²) in [6, 6.07) is 6.99. The number of nitrogens with zero attached hydrogens (tertiary/aromatic N) is 3. The van der Waals surface area contributed by atoms with Crippen LogP contribution in [0, 0.1) is 0 Å². The van der Waals surface area contributed by atoms with Crippen molar-refractivity contribution >= 4 is 34.9 Å². The highest BCUT2D eigenvalue weighted by molar-refractivity contribution is 7.09. The van der Waals surface area contributed by atoms with Crippen molar-refractivity contribution in [2.24, 2.45) is 0 Å². The number of nitrogens with one attached hydrogen (secondary N) is 1. The van der Waals surface area contributed by atoms with Gasteiger partial charge in [-0.15, -0.1) is 11.3 Å². The quantitative estimate of drug-likeness (QED) is 0.772. The molecular formula is C21H27ClN4O2S. The first-order chi connectivity index (χ1) is 14.0. The first kappa shape index (κ1) is 21.6. The number of carbonyl (C=O) groups is 2. The highest BCUT2D eigenvalue weighted by Gasteiger charge is 2.23. The zero-order chi connectivity index (χ0) is 20.8. The number of benzene rings is 1. The molecule has 156 valence electrons. The van der Waals surface area contributed by atoms with Crippen LogP contribution in [-0.4, -0.2) is 59.4 Å². The summed E-state index contributed by atoms with van der Waals surface area (Å²) in [7, 11) is 0. The highest BCUT2D eigenvalue weighted by atomic mass is 35.5. The van der Waals surface area contributed by atoms with Crippen molar-refractivity contribution in [2.75, 3.05) is 32.7 Å². The maximum Gasteiger partial charge on any atom is 0.317 e. The Hall–Kier alpha value is -2.12. The number of aromatic nitrogens is 1. The second-order valence-electron chi connectivity index (χ2n) is 7.43. The Labute approximate surface area is 180 Å². The van der Waals surface area contributed by atoms with Gasteiger partial charge in [0.1, 0.15) is 0 Å². The van der Waals surface area contributed by atoms with E-state index in [-0.39, 0.29) is 11.9 Å². The lowest BCUT2D eigenvalue weighted by Gasteiger charge is -2.22. The zero-order valence-electron chi connectivity index (χ0n) is 16.9. The van der Waals surface area contributed by atoms with E-state index < -0.39 is 0 Å². The molecule has 8 heteroatoms. The molecule has 6 nitrogen and oxygen atoms in total. The second-order valence-corrected chi connectivity index (χ2v) is 8.72. The molecule has 1 saturated heterocycles. The third-order valence-corrected chi connectivity index (χ3v) is 6.42. The van der Waals surface area contributed by atoms with Crippen LogP contribution in [0.3, 0.4) is 0 Å². The van der Waals surface area contributed by atoms with Crippen molar-refractivity contribution in [3.8, 4) is 0 Å². The van der Waals surface area contributed by atoms with Gasteiger partial charge in [0, 0.05) is 50.4 Å². The first-order valence-corrected chi connectivity index (χ1v) is 11.2. The maximum absolute atomic E-state index is 12.7. The van der Waals surface area contributed by atoms with Crippen LogP contribution in [0.1, 0.15) is 47.2 Å². The van der Waals surface area contributed by atoms with Gasteiger partial charge in [-0.2, -0.15) is 0 Å². The monoisotopic (exact) mass is 434 g/mol. The van der Waals surface area contributed by atoms with E-state index in [9.17, 15) is 9.59 Å². The molecule has 0 atom stereocenters. The predicted molar refractivity (Wildman–Crippen MR) is 117 cm³/mol. The van der Waals surface area contributed by atoms with Crippen LogP contribution in [0.2, 0.25) is 5.02 Å². The van der Waals surface area contributed by atoms with Crippen molar-refractivity contribution < 1.29 is 9.59 Å². The maximum atomic E-state index is 12.7. The van der Waals surface area contributed by atoms with Crippen molar-refractivity contribution in [1.82, 2.24) is 20.1 Å². The fourth-order valence-electron chi connectivity index (χ4n) is 3.24. The number of rotatable bonds is 5. The number of thiazole rings is 1. The summed E-state index contributed by atoms with van der Waals surface area (Å²) >= 11 is 7.83. The van der Waals surface area contributed by atoms with Crippen LogP contribution in [0.25, 0.3) is 0 Å². The van der Waals surface area contributed by atoms with E-state index in [1.165, 1.54) is 0 Å². The number of halogens is 1. The Morgan fingerprint density at radius 3 is 2.62 bits per heavy atom. The summed E-state index contributed by atoms with van der Waals surface area (Å²) in [5.74, 6) is 0.346. The molecule has 29 heavy (non-hydrogen) atoms. The molecule has 2 aromatic rings. The van der Waals surface area contributed by atoms with Crippen LogP contribution >= 0.6 is 22.9 Å². The Bertz CT molecular complexity index is 855. The number of urea groups is 1. The van der Waals surface area contributed by atoms with E-state index in [1.807, 2.05) is 12.1 Å². The molecule has 0 bridgehead atoms. The van der Waals surface area contributed by atoms with Gasteiger partial charge in [0.05, 0.1) is 21.3 Å². The molecule has 0 radical (unpaired) electrons. The summed E-state index contributed by atoms with van der Waals surface area (Å²) in [4.78, 5) is 33.4. The fourth-order valence-corrected chi connectivity index (χ4v) is 4.33. The van der Waals surface area contributed by atoms with Crippen LogP contribution in [0.5, 0.6) is 0 Å². The van der Waals surface area contributed by atoms with Gasteiger partial charge in [-0.25, -0.2) is 9.78 Å². The molecule has 1 aliphatic rings. The molecular weight excluding hydrogens is 408 g/mol. The number of hydrogen-bond donors (Lipinski definition) is 1. The highest BCUT2D eigenvalue weighted by Crippen LogP contribution is 2.20. The Morgan fingerprint density at radius 1 is 1.17 bits per heavy atom. The van der Waals surface area contributed by atoms with Gasteiger partial charge >= 0.3 is 6.03 Å². The first-order valence-electron chi connectivity index (χ1n) is 9.96. The molecule has 1 aromatic carbocycles. The molecule has 0 unspecified atom stereocenters. The van der Waals surface area contributed by atoms with Gasteiger partial charge < -0.3 is 15.1 Å². The summed E-state index contributed by atoms with van der Waals surface area (Å²) in [6.45, 7) is 7.07. The number of amides is 3. The summed E-state index contributed by atoms with van der Waals surface area (Å²) in [6.07, 6.45) is 1.47. The molecule has 2 heterocycles. The van der Waals surface area contributed by atoms with Crippen LogP contribution in [0.15, 0.2) is 29.6 Å². The fraction of sp³-hybridized carbons (Fsp3) is 0.476. The molecule has 1 fully saturated rings. The normalized spacial score (nSPS) is 14.8. The van der Waals surface area contributed by atoms with Gasteiger partial charge in [-0.05, 0) is 18.6 Å². The Balaban J connectivity index is 1.47. The van der Waals surface area contributed by atoms with Crippen LogP contribution in [-0.2, 0) is 6.42 Å².